The molecule has 0 aromatic carbocycles. The molecule has 4 fully saturated rings. The first-order valence-electron chi connectivity index (χ1n) is 10.5. The van der Waals surface area contributed by atoms with Crippen molar-refractivity contribution in [1.82, 2.24) is 5.32 Å². The quantitative estimate of drug-likeness (QED) is 0.539. The van der Waals surface area contributed by atoms with Gasteiger partial charge in [-0.05, 0) is 74.5 Å². The van der Waals surface area contributed by atoms with Crippen LogP contribution in [0.5, 0.6) is 0 Å². The van der Waals surface area contributed by atoms with Gasteiger partial charge in [-0.1, -0.05) is 25.7 Å². The predicted molar refractivity (Wildman–Crippen MR) is 98.2 cm³/mol. The topological polar surface area (TPSA) is 66.4 Å². The number of carbonyl (C=O) groups is 2. The molecule has 4 aliphatic carbocycles. The van der Waals surface area contributed by atoms with Gasteiger partial charge >= 0.3 is 5.97 Å². The fourth-order valence-electron chi connectivity index (χ4n) is 6.15. The number of amides is 1. The number of aliphatic carboxylic acids is 1. The second kappa shape index (κ2) is 8.55. The Kier molecular flexibility index (Phi) is 6.40. The van der Waals surface area contributed by atoms with E-state index in [4.69, 9.17) is 5.11 Å². The standard InChI is InChI=1S/C21H35NO3/c23-19(7-5-3-1-2-4-6-8-20(24)25)22-15-21-12-16-9-17(13-21)11-18(10-16)14-21/h16-18H,1-15H2,(H,22,23)(H,24,25). The molecule has 142 valence electrons. The summed E-state index contributed by atoms with van der Waals surface area (Å²) in [5.74, 6) is 2.38. The van der Waals surface area contributed by atoms with Crippen LogP contribution in [0, 0.1) is 23.2 Å². The number of carboxylic acids is 1. The molecular formula is C21H35NO3. The summed E-state index contributed by atoms with van der Waals surface area (Å²) in [6, 6.07) is 0. The molecule has 0 heterocycles. The summed E-state index contributed by atoms with van der Waals surface area (Å²) in [6.07, 6.45) is 15.4. The molecule has 4 nitrogen and oxygen atoms in total. The van der Waals surface area contributed by atoms with E-state index in [0.717, 1.165) is 62.8 Å². The van der Waals surface area contributed by atoms with Crippen LogP contribution in [0.4, 0.5) is 0 Å². The first-order valence-corrected chi connectivity index (χ1v) is 10.5. The van der Waals surface area contributed by atoms with Gasteiger partial charge in [-0.3, -0.25) is 9.59 Å². The van der Waals surface area contributed by atoms with E-state index in [0.29, 0.717) is 11.8 Å². The lowest BCUT2D eigenvalue weighted by Crippen LogP contribution is -2.51. The number of hydrogen-bond acceptors (Lipinski definition) is 2. The van der Waals surface area contributed by atoms with Crippen molar-refractivity contribution >= 4 is 11.9 Å². The lowest BCUT2D eigenvalue weighted by Gasteiger charge is -2.56. The number of unbranched alkanes of at least 4 members (excludes halogenated alkanes) is 5. The lowest BCUT2D eigenvalue weighted by molar-refractivity contribution is -0.137. The van der Waals surface area contributed by atoms with E-state index < -0.39 is 5.97 Å². The number of rotatable bonds is 11. The molecule has 2 N–H and O–H groups in total. The normalized spacial score (nSPS) is 32.7. The first kappa shape index (κ1) is 18.7. The molecule has 0 aliphatic heterocycles. The highest BCUT2D eigenvalue weighted by atomic mass is 16.4. The zero-order chi connectivity index (χ0) is 17.7. The average molecular weight is 350 g/mol. The second-order valence-corrected chi connectivity index (χ2v) is 9.21. The Hall–Kier alpha value is -1.06. The van der Waals surface area contributed by atoms with Gasteiger partial charge in [-0.25, -0.2) is 0 Å². The lowest BCUT2D eigenvalue weighted by atomic mass is 9.49. The molecule has 0 aromatic heterocycles. The van der Waals surface area contributed by atoms with Crippen LogP contribution in [0.1, 0.15) is 89.9 Å². The summed E-state index contributed by atoms with van der Waals surface area (Å²) >= 11 is 0. The van der Waals surface area contributed by atoms with E-state index in [1.165, 1.54) is 38.5 Å². The van der Waals surface area contributed by atoms with Gasteiger partial charge in [0, 0.05) is 19.4 Å². The summed E-state index contributed by atoms with van der Waals surface area (Å²) in [6.45, 7) is 0.921. The third-order valence-electron chi connectivity index (χ3n) is 6.87. The van der Waals surface area contributed by atoms with Crippen molar-refractivity contribution in [2.75, 3.05) is 6.54 Å². The predicted octanol–water partition coefficient (Wildman–Crippen LogP) is 4.52. The highest BCUT2D eigenvalue weighted by Crippen LogP contribution is 2.59. The molecule has 0 spiro atoms. The van der Waals surface area contributed by atoms with Crippen LogP contribution in [-0.2, 0) is 9.59 Å². The van der Waals surface area contributed by atoms with E-state index in [9.17, 15) is 9.59 Å². The Labute approximate surface area is 152 Å². The first-order chi connectivity index (χ1) is 12.0. The van der Waals surface area contributed by atoms with Crippen molar-refractivity contribution in [3.63, 3.8) is 0 Å². The molecule has 4 rings (SSSR count). The summed E-state index contributed by atoms with van der Waals surface area (Å²) < 4.78 is 0. The van der Waals surface area contributed by atoms with Crippen LogP contribution in [0.2, 0.25) is 0 Å². The van der Waals surface area contributed by atoms with Crippen molar-refractivity contribution in [2.24, 2.45) is 23.2 Å². The fourth-order valence-corrected chi connectivity index (χ4v) is 6.15. The van der Waals surface area contributed by atoms with E-state index >= 15 is 0 Å². The molecule has 0 radical (unpaired) electrons. The van der Waals surface area contributed by atoms with Crippen LogP contribution in [0.15, 0.2) is 0 Å². The molecule has 4 aliphatic rings. The SMILES string of the molecule is O=C(O)CCCCCCCCC(=O)NCC12CC3CC(CC(C3)C1)C2. The molecular weight excluding hydrogens is 314 g/mol. The highest BCUT2D eigenvalue weighted by Gasteiger charge is 2.50. The highest BCUT2D eigenvalue weighted by molar-refractivity contribution is 5.75. The third-order valence-corrected chi connectivity index (χ3v) is 6.87. The average Bonchev–Trinajstić information content (AvgIpc) is 2.54. The van der Waals surface area contributed by atoms with E-state index in [1.807, 2.05) is 0 Å². The van der Waals surface area contributed by atoms with Crippen LogP contribution in [0.3, 0.4) is 0 Å². The Morgan fingerprint density at radius 1 is 0.800 bits per heavy atom. The van der Waals surface area contributed by atoms with Crippen molar-refractivity contribution in [1.29, 1.82) is 0 Å². The van der Waals surface area contributed by atoms with Crippen LogP contribution in [-0.4, -0.2) is 23.5 Å². The van der Waals surface area contributed by atoms with Crippen molar-refractivity contribution in [3.05, 3.63) is 0 Å². The van der Waals surface area contributed by atoms with Crippen molar-refractivity contribution < 1.29 is 14.7 Å². The minimum absolute atomic E-state index is 0.238. The molecule has 4 saturated carbocycles. The van der Waals surface area contributed by atoms with Crippen LogP contribution < -0.4 is 5.32 Å². The van der Waals surface area contributed by atoms with Gasteiger partial charge in [-0.2, -0.15) is 0 Å². The van der Waals surface area contributed by atoms with Crippen molar-refractivity contribution in [3.8, 4) is 0 Å². The van der Waals surface area contributed by atoms with Gasteiger partial charge in [0.1, 0.15) is 0 Å². The Bertz CT molecular complexity index is 438. The van der Waals surface area contributed by atoms with Gasteiger partial charge in [-0.15, -0.1) is 0 Å². The van der Waals surface area contributed by atoms with E-state index in [1.54, 1.807) is 0 Å². The van der Waals surface area contributed by atoms with E-state index in [-0.39, 0.29) is 12.3 Å². The van der Waals surface area contributed by atoms with E-state index in [2.05, 4.69) is 5.32 Å². The number of hydrogen-bond donors (Lipinski definition) is 2. The Morgan fingerprint density at radius 2 is 1.28 bits per heavy atom. The molecule has 0 unspecified atom stereocenters. The summed E-state index contributed by atoms with van der Waals surface area (Å²) in [5.41, 5.74) is 0.439. The minimum atomic E-state index is -0.698. The van der Waals surface area contributed by atoms with Gasteiger partial charge in [0.15, 0.2) is 0 Å². The molecule has 4 heteroatoms. The number of carboxylic acid groups (broad SMARTS) is 1. The monoisotopic (exact) mass is 349 g/mol. The molecule has 25 heavy (non-hydrogen) atoms. The van der Waals surface area contributed by atoms with Gasteiger partial charge in [0.2, 0.25) is 5.91 Å². The van der Waals surface area contributed by atoms with Gasteiger partial charge < -0.3 is 10.4 Å². The number of nitrogens with one attached hydrogen (secondary N) is 1. The maximum atomic E-state index is 12.2. The third kappa shape index (κ3) is 5.46. The maximum absolute atomic E-state index is 12.2. The fraction of sp³-hybridized carbons (Fsp3) is 0.905. The largest absolute Gasteiger partial charge is 0.481 e. The zero-order valence-corrected chi connectivity index (χ0v) is 15.6. The summed E-state index contributed by atoms with van der Waals surface area (Å²) in [7, 11) is 0. The summed E-state index contributed by atoms with van der Waals surface area (Å²) in [5, 5.41) is 11.8. The van der Waals surface area contributed by atoms with Gasteiger partial charge in [0.25, 0.3) is 0 Å². The molecule has 0 atom stereocenters. The Morgan fingerprint density at radius 3 is 1.80 bits per heavy atom. The van der Waals surface area contributed by atoms with Gasteiger partial charge in [0.05, 0.1) is 0 Å². The van der Waals surface area contributed by atoms with Crippen LogP contribution >= 0.6 is 0 Å². The number of carbonyl (C=O) groups excluding carboxylic acids is 1. The molecule has 4 bridgehead atoms. The smallest absolute Gasteiger partial charge is 0.303 e. The van der Waals surface area contributed by atoms with Crippen LogP contribution in [0.25, 0.3) is 0 Å². The van der Waals surface area contributed by atoms with Crippen molar-refractivity contribution in [2.45, 2.75) is 89.9 Å². The molecule has 0 aromatic rings. The Balaban J connectivity index is 1.24. The summed E-state index contributed by atoms with van der Waals surface area (Å²) in [4.78, 5) is 22.6. The molecule has 1 amide bonds. The zero-order valence-electron chi connectivity index (χ0n) is 15.6. The maximum Gasteiger partial charge on any atom is 0.303 e. The second-order valence-electron chi connectivity index (χ2n) is 9.21. The molecule has 0 saturated heterocycles. The minimum Gasteiger partial charge on any atom is -0.481 e.